The van der Waals surface area contributed by atoms with E-state index in [1.807, 2.05) is 0 Å². The number of aromatic nitrogens is 2. The van der Waals surface area contributed by atoms with Gasteiger partial charge in [0.25, 0.3) is 0 Å². The average Bonchev–Trinajstić information content (AvgIpc) is 2.27. The molecular formula is C11H11ClN2O2S. The number of hydrogen-bond donors (Lipinski definition) is 0. The molecule has 0 amide bonds. The Bertz CT molecular complexity index is 656. The molecule has 0 unspecified atom stereocenters. The molecule has 0 saturated carbocycles. The second-order valence-electron chi connectivity index (χ2n) is 3.63. The van der Waals surface area contributed by atoms with Crippen molar-refractivity contribution in [2.24, 2.45) is 0 Å². The Kier molecular flexibility index (Phi) is 3.31. The van der Waals surface area contributed by atoms with E-state index < -0.39 is 9.84 Å². The van der Waals surface area contributed by atoms with Gasteiger partial charge in [0.05, 0.1) is 16.8 Å². The van der Waals surface area contributed by atoms with Crippen molar-refractivity contribution in [3.8, 4) is 0 Å². The van der Waals surface area contributed by atoms with Gasteiger partial charge in [0, 0.05) is 0 Å². The van der Waals surface area contributed by atoms with Crippen LogP contribution in [0.5, 0.6) is 0 Å². The second-order valence-corrected chi connectivity index (χ2v) is 6.01. The molecule has 1 aromatic heterocycles. The first-order chi connectivity index (χ1) is 8.04. The van der Waals surface area contributed by atoms with Gasteiger partial charge in [-0.1, -0.05) is 30.7 Å². The molecule has 6 heteroatoms. The largest absolute Gasteiger partial charge is 0.232 e. The highest BCUT2D eigenvalue weighted by atomic mass is 35.5. The number of nitrogens with zero attached hydrogens (tertiary/aromatic N) is 2. The van der Waals surface area contributed by atoms with E-state index in [0.29, 0.717) is 17.5 Å². The molecule has 0 saturated heterocycles. The normalized spacial score (nSPS) is 11.9. The summed E-state index contributed by atoms with van der Waals surface area (Å²) in [5.74, 6) is 0.0275. The Morgan fingerprint density at radius 2 is 1.76 bits per heavy atom. The van der Waals surface area contributed by atoms with Crippen LogP contribution in [0, 0.1) is 0 Å². The Labute approximate surface area is 105 Å². The van der Waals surface area contributed by atoms with Crippen LogP contribution in [-0.4, -0.2) is 24.1 Å². The maximum atomic E-state index is 11.9. The summed E-state index contributed by atoms with van der Waals surface area (Å²) in [6.07, 6.45) is 0.521. The van der Waals surface area contributed by atoms with Crippen molar-refractivity contribution in [3.05, 3.63) is 29.4 Å². The van der Waals surface area contributed by atoms with Crippen LogP contribution in [0.15, 0.2) is 29.3 Å². The fourth-order valence-electron chi connectivity index (χ4n) is 1.53. The van der Waals surface area contributed by atoms with Crippen molar-refractivity contribution in [1.29, 1.82) is 0 Å². The van der Waals surface area contributed by atoms with Crippen LogP contribution in [0.1, 0.15) is 13.3 Å². The molecular weight excluding hydrogens is 260 g/mol. The fraction of sp³-hybridized carbons (Fsp3) is 0.273. The minimum Gasteiger partial charge on any atom is -0.232 e. The Balaban J connectivity index is 2.67. The summed E-state index contributed by atoms with van der Waals surface area (Å²) in [7, 11) is -3.44. The van der Waals surface area contributed by atoms with Crippen LogP contribution in [0.25, 0.3) is 11.0 Å². The maximum Gasteiger partial charge on any atom is 0.198 e. The summed E-state index contributed by atoms with van der Waals surface area (Å²) < 4.78 is 23.8. The molecule has 0 spiro atoms. The van der Waals surface area contributed by atoms with E-state index in [9.17, 15) is 8.42 Å². The second kappa shape index (κ2) is 4.58. The van der Waals surface area contributed by atoms with Crippen LogP contribution in [0.2, 0.25) is 5.15 Å². The van der Waals surface area contributed by atoms with Gasteiger partial charge in [0.2, 0.25) is 0 Å². The number of fused-ring (bicyclic) bond motifs is 1. The molecule has 90 valence electrons. The van der Waals surface area contributed by atoms with Crippen LogP contribution < -0.4 is 0 Å². The zero-order valence-electron chi connectivity index (χ0n) is 9.22. The number of halogens is 1. The lowest BCUT2D eigenvalue weighted by Gasteiger charge is -2.05. The summed E-state index contributed by atoms with van der Waals surface area (Å²) in [6.45, 7) is 1.79. The Morgan fingerprint density at radius 1 is 1.18 bits per heavy atom. The third kappa shape index (κ3) is 2.40. The van der Waals surface area contributed by atoms with Crippen LogP contribution >= 0.6 is 11.6 Å². The molecule has 1 aromatic carbocycles. The molecule has 0 aliphatic heterocycles. The van der Waals surface area contributed by atoms with Gasteiger partial charge in [-0.2, -0.15) is 0 Å². The van der Waals surface area contributed by atoms with Crippen molar-refractivity contribution in [1.82, 2.24) is 9.97 Å². The molecule has 0 aliphatic rings. The highest BCUT2D eigenvalue weighted by Crippen LogP contribution is 2.22. The van der Waals surface area contributed by atoms with Gasteiger partial charge in [-0.3, -0.25) is 0 Å². The predicted octanol–water partition coefficient (Wildman–Crippen LogP) is 2.47. The predicted molar refractivity (Wildman–Crippen MR) is 66.9 cm³/mol. The number of para-hydroxylation sites is 2. The molecule has 2 aromatic rings. The molecule has 0 aliphatic carbocycles. The maximum absolute atomic E-state index is 11.9. The third-order valence-corrected chi connectivity index (χ3v) is 4.46. The summed E-state index contributed by atoms with van der Waals surface area (Å²) >= 11 is 5.87. The Hall–Kier alpha value is -1.20. The minimum atomic E-state index is -3.44. The molecule has 0 radical (unpaired) electrons. The van der Waals surface area contributed by atoms with E-state index in [-0.39, 0.29) is 15.9 Å². The summed E-state index contributed by atoms with van der Waals surface area (Å²) in [4.78, 5) is 8.13. The average molecular weight is 271 g/mol. The van der Waals surface area contributed by atoms with Crippen molar-refractivity contribution in [2.45, 2.75) is 18.4 Å². The van der Waals surface area contributed by atoms with Crippen molar-refractivity contribution in [3.63, 3.8) is 0 Å². The van der Waals surface area contributed by atoms with Crippen LogP contribution in [0.3, 0.4) is 0 Å². The number of rotatable bonds is 3. The van der Waals surface area contributed by atoms with Gasteiger partial charge in [0.1, 0.15) is 0 Å². The molecule has 1 heterocycles. The Morgan fingerprint density at radius 3 is 2.35 bits per heavy atom. The monoisotopic (exact) mass is 270 g/mol. The first-order valence-electron chi connectivity index (χ1n) is 5.19. The van der Waals surface area contributed by atoms with Gasteiger partial charge in [-0.05, 0) is 18.6 Å². The topological polar surface area (TPSA) is 59.9 Å². The highest BCUT2D eigenvalue weighted by Gasteiger charge is 2.20. The van der Waals surface area contributed by atoms with Crippen LogP contribution in [0.4, 0.5) is 0 Å². The minimum absolute atomic E-state index is 0.0275. The SMILES string of the molecule is CCCS(=O)(=O)c1nc2ccccc2nc1Cl. The van der Waals surface area contributed by atoms with Crippen molar-refractivity contribution < 1.29 is 8.42 Å². The number of sulfone groups is 1. The van der Waals surface area contributed by atoms with E-state index in [1.54, 1.807) is 31.2 Å². The first-order valence-corrected chi connectivity index (χ1v) is 7.22. The van der Waals surface area contributed by atoms with E-state index in [1.165, 1.54) is 0 Å². The summed E-state index contributed by atoms with van der Waals surface area (Å²) in [5, 5.41) is -0.183. The van der Waals surface area contributed by atoms with Gasteiger partial charge >= 0.3 is 0 Å². The zero-order valence-corrected chi connectivity index (χ0v) is 10.8. The molecule has 0 atom stereocenters. The molecule has 0 N–H and O–H groups in total. The van der Waals surface area contributed by atoms with E-state index in [0.717, 1.165) is 0 Å². The standard InChI is InChI=1S/C11H11ClN2O2S/c1-2-7-17(15,16)11-10(12)13-8-5-3-4-6-9(8)14-11/h3-6H,2,7H2,1H3. The molecule has 0 bridgehead atoms. The lowest BCUT2D eigenvalue weighted by molar-refractivity contribution is 0.591. The number of benzene rings is 1. The fourth-order valence-corrected chi connectivity index (χ4v) is 3.28. The third-order valence-electron chi connectivity index (χ3n) is 2.27. The highest BCUT2D eigenvalue weighted by molar-refractivity contribution is 7.91. The van der Waals surface area contributed by atoms with Crippen molar-refractivity contribution in [2.75, 3.05) is 5.75 Å². The lowest BCUT2D eigenvalue weighted by Crippen LogP contribution is -2.10. The summed E-state index contributed by atoms with van der Waals surface area (Å²) in [6, 6.07) is 7.03. The molecule has 4 nitrogen and oxygen atoms in total. The van der Waals surface area contributed by atoms with Crippen LogP contribution in [-0.2, 0) is 9.84 Å². The first kappa shape index (κ1) is 12.3. The lowest BCUT2D eigenvalue weighted by atomic mass is 10.3. The zero-order chi connectivity index (χ0) is 12.5. The molecule has 17 heavy (non-hydrogen) atoms. The molecule has 2 rings (SSSR count). The van der Waals surface area contributed by atoms with Gasteiger partial charge in [-0.15, -0.1) is 0 Å². The van der Waals surface area contributed by atoms with E-state index in [2.05, 4.69) is 9.97 Å². The smallest absolute Gasteiger partial charge is 0.198 e. The summed E-state index contributed by atoms with van der Waals surface area (Å²) in [5.41, 5.74) is 1.12. The quantitative estimate of drug-likeness (QED) is 0.860. The van der Waals surface area contributed by atoms with E-state index in [4.69, 9.17) is 11.6 Å². The van der Waals surface area contributed by atoms with Crippen molar-refractivity contribution >= 4 is 32.5 Å². The van der Waals surface area contributed by atoms with Gasteiger partial charge in [-0.25, -0.2) is 18.4 Å². The van der Waals surface area contributed by atoms with Gasteiger partial charge in [0.15, 0.2) is 20.0 Å². The van der Waals surface area contributed by atoms with E-state index >= 15 is 0 Å². The number of hydrogen-bond acceptors (Lipinski definition) is 4. The molecule has 0 fully saturated rings. The van der Waals surface area contributed by atoms with Gasteiger partial charge < -0.3 is 0 Å².